The number of aromatic nitrogens is 2. The van der Waals surface area contributed by atoms with Crippen molar-refractivity contribution in [1.29, 1.82) is 0 Å². The summed E-state index contributed by atoms with van der Waals surface area (Å²) in [6.45, 7) is -0.115. The second kappa shape index (κ2) is 9.19. The lowest BCUT2D eigenvalue weighted by Crippen LogP contribution is -2.36. The van der Waals surface area contributed by atoms with Gasteiger partial charge in [0.2, 0.25) is 11.8 Å². The average Bonchev–Trinajstić information content (AvgIpc) is 3.12. The molecule has 162 valence electrons. The van der Waals surface area contributed by atoms with Gasteiger partial charge in [0.15, 0.2) is 5.16 Å². The van der Waals surface area contributed by atoms with Gasteiger partial charge >= 0.3 is 0 Å². The minimum atomic E-state index is -0.383. The van der Waals surface area contributed by atoms with Crippen molar-refractivity contribution in [1.82, 2.24) is 14.9 Å². The summed E-state index contributed by atoms with van der Waals surface area (Å²) in [6, 6.07) is 5.44. The summed E-state index contributed by atoms with van der Waals surface area (Å²) >= 11 is 2.87. The molecule has 1 aliphatic carbocycles. The Bertz CT molecular complexity index is 1130. The maximum absolute atomic E-state index is 13.0. The first-order valence-corrected chi connectivity index (χ1v) is 11.7. The van der Waals surface area contributed by atoms with Crippen molar-refractivity contribution in [3.05, 3.63) is 40.5 Å². The van der Waals surface area contributed by atoms with E-state index in [2.05, 4.69) is 15.3 Å². The maximum Gasteiger partial charge on any atom is 0.243 e. The van der Waals surface area contributed by atoms with E-state index in [1.807, 2.05) is 0 Å². The average molecular weight is 460 g/mol. The quantitative estimate of drug-likeness (QED) is 0.432. The van der Waals surface area contributed by atoms with E-state index in [-0.39, 0.29) is 29.9 Å². The number of rotatable bonds is 6. The highest BCUT2D eigenvalue weighted by Gasteiger charge is 2.21. The molecule has 7 nitrogen and oxygen atoms in total. The minimum Gasteiger partial charge on any atom is -0.383 e. The summed E-state index contributed by atoms with van der Waals surface area (Å²) in [5.74, 6) is -0.417. The molecule has 0 unspecified atom stereocenters. The molecule has 0 radical (unpaired) electrons. The molecule has 1 aliphatic rings. The van der Waals surface area contributed by atoms with Gasteiger partial charge in [-0.25, -0.2) is 14.4 Å². The molecular formula is C21H22FN5O2S2. The molecule has 1 aromatic carbocycles. The SMILES string of the molecule is CN(CC(=O)Nc1ccc(F)cc1)C(=O)CSc1nc(N)c2c3c(sc2n1)CCCC3. The summed E-state index contributed by atoms with van der Waals surface area (Å²) in [4.78, 5) is 37.1. The van der Waals surface area contributed by atoms with Gasteiger partial charge in [-0.1, -0.05) is 11.8 Å². The summed E-state index contributed by atoms with van der Waals surface area (Å²) in [5, 5.41) is 4.06. The number of nitrogens with one attached hydrogen (secondary N) is 1. The van der Waals surface area contributed by atoms with Gasteiger partial charge in [-0.2, -0.15) is 0 Å². The third-order valence-corrected chi connectivity index (χ3v) is 7.10. The van der Waals surface area contributed by atoms with E-state index in [9.17, 15) is 14.0 Å². The van der Waals surface area contributed by atoms with Crippen molar-refractivity contribution in [2.24, 2.45) is 0 Å². The number of likely N-dealkylation sites (N-methyl/N-ethyl adjacent to an activating group) is 1. The van der Waals surface area contributed by atoms with Crippen molar-refractivity contribution in [2.75, 3.05) is 30.4 Å². The fourth-order valence-corrected chi connectivity index (χ4v) is 5.62. The Kier molecular flexibility index (Phi) is 6.38. The first kappa shape index (κ1) is 21.5. The molecule has 2 aromatic heterocycles. The molecule has 0 fully saturated rings. The van der Waals surface area contributed by atoms with Gasteiger partial charge in [0.05, 0.1) is 17.7 Å². The van der Waals surface area contributed by atoms with Crippen LogP contribution >= 0.6 is 23.1 Å². The van der Waals surface area contributed by atoms with Gasteiger partial charge in [0.1, 0.15) is 16.5 Å². The Labute approximate surface area is 187 Å². The Hall–Kier alpha value is -2.72. The Morgan fingerprint density at radius 1 is 1.23 bits per heavy atom. The van der Waals surface area contributed by atoms with Crippen molar-refractivity contribution >= 4 is 56.6 Å². The Morgan fingerprint density at radius 3 is 2.74 bits per heavy atom. The molecule has 10 heteroatoms. The van der Waals surface area contributed by atoms with Crippen LogP contribution in [0.5, 0.6) is 0 Å². The highest BCUT2D eigenvalue weighted by molar-refractivity contribution is 7.99. The van der Waals surface area contributed by atoms with Crippen LogP contribution in [-0.4, -0.2) is 46.0 Å². The largest absolute Gasteiger partial charge is 0.383 e. The van der Waals surface area contributed by atoms with Crippen LogP contribution < -0.4 is 11.1 Å². The van der Waals surface area contributed by atoms with Crippen LogP contribution in [0.4, 0.5) is 15.9 Å². The molecule has 2 amide bonds. The number of anilines is 2. The highest BCUT2D eigenvalue weighted by Crippen LogP contribution is 2.38. The second-order valence-corrected chi connectivity index (χ2v) is 9.40. The normalized spacial score (nSPS) is 13.1. The lowest BCUT2D eigenvalue weighted by Gasteiger charge is -2.16. The molecule has 0 spiro atoms. The van der Waals surface area contributed by atoms with Crippen LogP contribution in [0.25, 0.3) is 10.2 Å². The van der Waals surface area contributed by atoms with E-state index in [1.165, 1.54) is 57.8 Å². The van der Waals surface area contributed by atoms with E-state index in [4.69, 9.17) is 5.73 Å². The molecular weight excluding hydrogens is 437 g/mol. The van der Waals surface area contributed by atoms with E-state index < -0.39 is 0 Å². The number of amides is 2. The maximum atomic E-state index is 13.0. The van der Waals surface area contributed by atoms with Gasteiger partial charge in [-0.3, -0.25) is 9.59 Å². The number of thioether (sulfide) groups is 1. The summed E-state index contributed by atoms with van der Waals surface area (Å²) in [5.41, 5.74) is 7.96. The molecule has 31 heavy (non-hydrogen) atoms. The molecule has 0 saturated heterocycles. The smallest absolute Gasteiger partial charge is 0.243 e. The van der Waals surface area contributed by atoms with Crippen LogP contribution in [0.2, 0.25) is 0 Å². The number of aryl methyl sites for hydroxylation is 2. The number of fused-ring (bicyclic) bond motifs is 3. The topological polar surface area (TPSA) is 101 Å². The fourth-order valence-electron chi connectivity index (χ4n) is 3.50. The third kappa shape index (κ3) is 4.96. The number of benzene rings is 1. The molecule has 3 N–H and O–H groups in total. The number of hydrogen-bond acceptors (Lipinski definition) is 7. The van der Waals surface area contributed by atoms with Gasteiger partial charge in [-0.05, 0) is 55.5 Å². The number of thiophene rings is 1. The predicted octanol–water partition coefficient (Wildman–Crippen LogP) is 3.48. The number of halogens is 1. The van der Waals surface area contributed by atoms with Gasteiger partial charge in [-0.15, -0.1) is 11.3 Å². The number of carbonyl (C=O) groups excluding carboxylic acids is 2. The van der Waals surface area contributed by atoms with Crippen molar-refractivity contribution in [3.8, 4) is 0 Å². The van der Waals surface area contributed by atoms with Crippen LogP contribution in [0.3, 0.4) is 0 Å². The summed E-state index contributed by atoms with van der Waals surface area (Å²) < 4.78 is 13.0. The van der Waals surface area contributed by atoms with Crippen LogP contribution in [0, 0.1) is 5.82 Å². The van der Waals surface area contributed by atoms with Gasteiger partial charge in [0.25, 0.3) is 0 Å². The molecule has 0 aliphatic heterocycles. The molecule has 2 heterocycles. The molecule has 0 saturated carbocycles. The molecule has 3 aromatic rings. The van der Waals surface area contributed by atoms with Crippen LogP contribution in [0.1, 0.15) is 23.3 Å². The zero-order valence-corrected chi connectivity index (χ0v) is 18.6. The van der Waals surface area contributed by atoms with Crippen LogP contribution in [-0.2, 0) is 22.4 Å². The Morgan fingerprint density at radius 2 is 1.97 bits per heavy atom. The lowest BCUT2D eigenvalue weighted by molar-refractivity contribution is -0.131. The standard InChI is InChI=1S/C21H22FN5O2S2/c1-27(10-16(28)24-13-8-6-12(22)7-9-13)17(29)11-30-21-25-19(23)18-14-4-2-3-5-15(14)31-20(18)26-21/h6-9H,2-5,10-11H2,1H3,(H,24,28)(H2,23,25,26). The number of nitrogens with zero attached hydrogens (tertiary/aromatic N) is 3. The monoisotopic (exact) mass is 459 g/mol. The van der Waals surface area contributed by atoms with Crippen molar-refractivity contribution in [2.45, 2.75) is 30.8 Å². The Balaban J connectivity index is 1.35. The van der Waals surface area contributed by atoms with Gasteiger partial charge in [0, 0.05) is 17.6 Å². The summed E-state index contributed by atoms with van der Waals surface area (Å²) in [7, 11) is 1.55. The molecule has 0 bridgehead atoms. The zero-order chi connectivity index (χ0) is 22.0. The minimum absolute atomic E-state index is 0.0936. The zero-order valence-electron chi connectivity index (χ0n) is 17.0. The van der Waals surface area contributed by atoms with E-state index in [0.29, 0.717) is 16.7 Å². The van der Waals surface area contributed by atoms with E-state index in [0.717, 1.165) is 29.5 Å². The van der Waals surface area contributed by atoms with E-state index >= 15 is 0 Å². The van der Waals surface area contributed by atoms with Gasteiger partial charge < -0.3 is 16.0 Å². The summed E-state index contributed by atoms with van der Waals surface area (Å²) in [6.07, 6.45) is 4.41. The van der Waals surface area contributed by atoms with Crippen LogP contribution in [0.15, 0.2) is 29.4 Å². The number of carbonyl (C=O) groups is 2. The highest BCUT2D eigenvalue weighted by atomic mass is 32.2. The van der Waals surface area contributed by atoms with Crippen molar-refractivity contribution in [3.63, 3.8) is 0 Å². The van der Waals surface area contributed by atoms with Crippen molar-refractivity contribution < 1.29 is 14.0 Å². The third-order valence-electron chi connectivity index (χ3n) is 5.08. The second-order valence-electron chi connectivity index (χ2n) is 7.38. The lowest BCUT2D eigenvalue weighted by atomic mass is 9.97. The molecule has 0 atom stereocenters. The number of hydrogen-bond donors (Lipinski definition) is 2. The number of nitrogen functional groups attached to an aromatic ring is 1. The predicted molar refractivity (Wildman–Crippen MR) is 122 cm³/mol. The number of nitrogens with two attached hydrogens (primary N) is 1. The fraction of sp³-hybridized carbons (Fsp3) is 0.333. The van der Waals surface area contributed by atoms with E-state index in [1.54, 1.807) is 18.4 Å². The first-order chi connectivity index (χ1) is 14.9. The molecule has 4 rings (SSSR count). The first-order valence-electron chi connectivity index (χ1n) is 9.90.